The molecule has 2 heterocycles. The number of aromatic nitrogens is 1. The van der Waals surface area contributed by atoms with Crippen molar-refractivity contribution in [2.45, 2.75) is 6.54 Å². The van der Waals surface area contributed by atoms with E-state index in [1.807, 2.05) is 61.5 Å². The number of anilines is 2. The quantitative estimate of drug-likeness (QED) is 0.736. The van der Waals surface area contributed by atoms with Crippen LogP contribution < -0.4 is 14.5 Å². The van der Waals surface area contributed by atoms with Crippen LogP contribution in [0.5, 0.6) is 5.75 Å². The van der Waals surface area contributed by atoms with Crippen molar-refractivity contribution in [3.8, 4) is 5.75 Å². The van der Waals surface area contributed by atoms with Crippen molar-refractivity contribution >= 4 is 28.3 Å². The summed E-state index contributed by atoms with van der Waals surface area (Å²) in [5.41, 5.74) is 3.46. The predicted octanol–water partition coefficient (Wildman–Crippen LogP) is 3.47. The van der Waals surface area contributed by atoms with Crippen LogP contribution in [0.15, 0.2) is 48.5 Å². The van der Waals surface area contributed by atoms with Crippen molar-refractivity contribution in [2.24, 2.45) is 0 Å². The van der Waals surface area contributed by atoms with Gasteiger partial charge in [0.1, 0.15) is 11.6 Å². The summed E-state index contributed by atoms with van der Waals surface area (Å²) in [4.78, 5) is 21.2. The smallest absolute Gasteiger partial charge is 0.259 e. The zero-order valence-electron chi connectivity index (χ0n) is 14.5. The van der Waals surface area contributed by atoms with Crippen molar-refractivity contribution < 1.29 is 9.53 Å². The van der Waals surface area contributed by atoms with Crippen molar-refractivity contribution in [1.29, 1.82) is 0 Å². The van der Waals surface area contributed by atoms with E-state index in [0.29, 0.717) is 17.9 Å². The molecule has 0 N–H and O–H groups in total. The third kappa shape index (κ3) is 2.58. The summed E-state index contributed by atoms with van der Waals surface area (Å²) in [6.07, 6.45) is 0. The molecule has 0 saturated carbocycles. The number of methoxy groups -OCH3 is 1. The number of hydrogen-bond donors (Lipinski definition) is 0. The summed E-state index contributed by atoms with van der Waals surface area (Å²) in [5, 5.41) is 1.06. The maximum Gasteiger partial charge on any atom is 0.259 e. The van der Waals surface area contributed by atoms with Gasteiger partial charge in [-0.25, -0.2) is 4.98 Å². The van der Waals surface area contributed by atoms with Gasteiger partial charge in [0.25, 0.3) is 5.91 Å². The maximum atomic E-state index is 12.8. The second-order valence-electron chi connectivity index (χ2n) is 6.36. The van der Waals surface area contributed by atoms with Gasteiger partial charge in [0, 0.05) is 30.7 Å². The van der Waals surface area contributed by atoms with E-state index in [4.69, 9.17) is 4.74 Å². The van der Waals surface area contributed by atoms with Crippen LogP contribution in [-0.2, 0) is 6.54 Å². The van der Waals surface area contributed by atoms with Crippen molar-refractivity contribution in [2.75, 3.05) is 31.0 Å². The molecule has 0 spiro atoms. The van der Waals surface area contributed by atoms with Gasteiger partial charge in [0.15, 0.2) is 0 Å². The van der Waals surface area contributed by atoms with Crippen LogP contribution in [0, 0.1) is 0 Å². The first-order chi connectivity index (χ1) is 12.1. The Bertz CT molecular complexity index is 982. The first kappa shape index (κ1) is 15.4. The molecule has 0 bridgehead atoms. The Balaban J connectivity index is 1.73. The molecule has 0 aliphatic carbocycles. The third-order valence-corrected chi connectivity index (χ3v) is 4.55. The Morgan fingerprint density at radius 3 is 2.64 bits per heavy atom. The predicted molar refractivity (Wildman–Crippen MR) is 99.6 cm³/mol. The van der Waals surface area contributed by atoms with Crippen LogP contribution in [-0.4, -0.2) is 32.1 Å². The molecular weight excluding hydrogens is 314 g/mol. The van der Waals surface area contributed by atoms with Crippen LogP contribution >= 0.6 is 0 Å². The van der Waals surface area contributed by atoms with Crippen LogP contribution in [0.4, 0.5) is 11.5 Å². The van der Waals surface area contributed by atoms with E-state index in [0.717, 1.165) is 28.0 Å². The van der Waals surface area contributed by atoms with E-state index >= 15 is 0 Å². The van der Waals surface area contributed by atoms with Gasteiger partial charge in [-0.1, -0.05) is 12.1 Å². The lowest BCUT2D eigenvalue weighted by atomic mass is 10.1. The third-order valence-electron chi connectivity index (χ3n) is 4.55. The average molecular weight is 333 g/mol. The summed E-state index contributed by atoms with van der Waals surface area (Å²) in [7, 11) is 5.54. The molecule has 3 aromatic rings. The molecule has 0 saturated heterocycles. The highest BCUT2D eigenvalue weighted by atomic mass is 16.5. The van der Waals surface area contributed by atoms with Gasteiger partial charge in [-0.3, -0.25) is 4.79 Å². The molecule has 1 aliphatic rings. The largest absolute Gasteiger partial charge is 0.497 e. The zero-order valence-corrected chi connectivity index (χ0v) is 14.5. The molecule has 25 heavy (non-hydrogen) atoms. The van der Waals surface area contributed by atoms with Crippen LogP contribution in [0.25, 0.3) is 10.9 Å². The molecular formula is C20H19N3O2. The van der Waals surface area contributed by atoms with Crippen molar-refractivity contribution in [3.63, 3.8) is 0 Å². The fourth-order valence-electron chi connectivity index (χ4n) is 3.13. The SMILES string of the molecule is COc1ccc2c(c1)C(=O)N(c1ccc3ccc(N(C)C)nc3c1)C2. The standard InChI is InChI=1S/C20H19N3O2/c1-22(2)19-9-6-13-4-7-15(10-18(13)21-19)23-12-14-5-8-16(25-3)11-17(14)20(23)24/h4-11H,12H2,1-3H3. The minimum atomic E-state index is -0.00276. The molecule has 126 valence electrons. The van der Waals surface area contributed by atoms with Gasteiger partial charge in [0.2, 0.25) is 0 Å². The van der Waals surface area contributed by atoms with Gasteiger partial charge in [-0.15, -0.1) is 0 Å². The van der Waals surface area contributed by atoms with Gasteiger partial charge in [-0.2, -0.15) is 0 Å². The summed E-state index contributed by atoms with van der Waals surface area (Å²) in [5.74, 6) is 1.59. The van der Waals surface area contributed by atoms with Crippen molar-refractivity contribution in [1.82, 2.24) is 4.98 Å². The molecule has 2 aromatic carbocycles. The normalized spacial score (nSPS) is 13.2. The molecule has 1 amide bonds. The highest BCUT2D eigenvalue weighted by Gasteiger charge is 2.29. The maximum absolute atomic E-state index is 12.8. The Morgan fingerprint density at radius 2 is 1.88 bits per heavy atom. The fourth-order valence-corrected chi connectivity index (χ4v) is 3.13. The highest BCUT2D eigenvalue weighted by molar-refractivity contribution is 6.10. The number of rotatable bonds is 3. The number of hydrogen-bond acceptors (Lipinski definition) is 4. The van der Waals surface area contributed by atoms with Gasteiger partial charge < -0.3 is 14.5 Å². The Kier molecular flexibility index (Phi) is 3.57. The average Bonchev–Trinajstić information content (AvgIpc) is 2.96. The Hall–Kier alpha value is -3.08. The lowest BCUT2D eigenvalue weighted by Crippen LogP contribution is -2.22. The van der Waals surface area contributed by atoms with Crippen LogP contribution in [0.3, 0.4) is 0 Å². The molecule has 1 aromatic heterocycles. The van der Waals surface area contributed by atoms with E-state index in [1.54, 1.807) is 18.1 Å². The summed E-state index contributed by atoms with van der Waals surface area (Å²) < 4.78 is 5.24. The monoisotopic (exact) mass is 333 g/mol. The number of benzene rings is 2. The number of carbonyl (C=O) groups excluding carboxylic acids is 1. The fraction of sp³-hybridized carbons (Fsp3) is 0.200. The van der Waals surface area contributed by atoms with E-state index in [1.165, 1.54) is 0 Å². The molecule has 0 atom stereocenters. The number of amides is 1. The molecule has 0 fully saturated rings. The number of carbonyl (C=O) groups is 1. The first-order valence-corrected chi connectivity index (χ1v) is 8.14. The van der Waals surface area contributed by atoms with E-state index in [2.05, 4.69) is 4.98 Å². The molecule has 0 unspecified atom stereocenters. The van der Waals surface area contributed by atoms with Crippen molar-refractivity contribution in [3.05, 3.63) is 59.7 Å². The van der Waals surface area contributed by atoms with E-state index in [-0.39, 0.29) is 5.91 Å². The topological polar surface area (TPSA) is 45.7 Å². The molecule has 4 rings (SSSR count). The highest BCUT2D eigenvalue weighted by Crippen LogP contribution is 2.32. The Morgan fingerprint density at radius 1 is 1.08 bits per heavy atom. The van der Waals surface area contributed by atoms with E-state index < -0.39 is 0 Å². The molecule has 0 radical (unpaired) electrons. The minimum absolute atomic E-state index is 0.00276. The Labute approximate surface area is 146 Å². The number of pyridine rings is 1. The number of ether oxygens (including phenoxy) is 1. The minimum Gasteiger partial charge on any atom is -0.497 e. The second-order valence-corrected chi connectivity index (χ2v) is 6.36. The number of fused-ring (bicyclic) bond motifs is 2. The molecule has 5 nitrogen and oxygen atoms in total. The van der Waals surface area contributed by atoms with Gasteiger partial charge in [0.05, 0.1) is 19.2 Å². The lowest BCUT2D eigenvalue weighted by molar-refractivity contribution is 0.0996. The first-order valence-electron chi connectivity index (χ1n) is 8.14. The molecule has 1 aliphatic heterocycles. The van der Waals surface area contributed by atoms with Gasteiger partial charge >= 0.3 is 0 Å². The molecule has 5 heteroatoms. The van der Waals surface area contributed by atoms with Crippen LogP contribution in [0.2, 0.25) is 0 Å². The van der Waals surface area contributed by atoms with Gasteiger partial charge in [-0.05, 0) is 42.0 Å². The summed E-state index contributed by atoms with van der Waals surface area (Å²) in [6, 6.07) is 15.6. The van der Waals surface area contributed by atoms with Crippen LogP contribution in [0.1, 0.15) is 15.9 Å². The lowest BCUT2D eigenvalue weighted by Gasteiger charge is -2.17. The number of nitrogens with zero attached hydrogens (tertiary/aromatic N) is 3. The second kappa shape index (κ2) is 5.77. The zero-order chi connectivity index (χ0) is 17.6. The van der Waals surface area contributed by atoms with E-state index in [9.17, 15) is 4.79 Å². The summed E-state index contributed by atoms with van der Waals surface area (Å²) in [6.45, 7) is 0.567. The summed E-state index contributed by atoms with van der Waals surface area (Å²) >= 11 is 0.